The van der Waals surface area contributed by atoms with Gasteiger partial charge >= 0.3 is 11.7 Å². The van der Waals surface area contributed by atoms with Crippen LogP contribution in [0.4, 0.5) is 13.6 Å². The van der Waals surface area contributed by atoms with Crippen molar-refractivity contribution in [3.05, 3.63) is 31.3 Å². The number of hydrogen-bond donors (Lipinski definition) is 2. The summed E-state index contributed by atoms with van der Waals surface area (Å²) in [6.07, 6.45) is -1.09. The highest BCUT2D eigenvalue weighted by Crippen LogP contribution is 2.44. The summed E-state index contributed by atoms with van der Waals surface area (Å²) in [5, 5.41) is 1.54. The summed E-state index contributed by atoms with van der Waals surface area (Å²) >= 11 is 1.20. The normalized spacial score (nSPS) is 16.3. The van der Waals surface area contributed by atoms with Crippen molar-refractivity contribution < 1.29 is 18.3 Å². The smallest absolute Gasteiger partial charge is 0.332 e. The van der Waals surface area contributed by atoms with Crippen molar-refractivity contribution in [2.45, 2.75) is 71.1 Å². The van der Waals surface area contributed by atoms with Crippen LogP contribution in [0.15, 0.2) is 9.59 Å². The summed E-state index contributed by atoms with van der Waals surface area (Å²) in [6, 6.07) is -1.54. The molecule has 0 spiro atoms. The SMILES string of the molecule is COCCn1c(=O)n(C2CC(F)(F)C2)c(=O)c2c(C)c(CN(NC(C)(C)C)C(N)=O)sc21. The number of nitrogens with two attached hydrogens (primary N) is 1. The van der Waals surface area contributed by atoms with Crippen molar-refractivity contribution in [3.8, 4) is 0 Å². The van der Waals surface area contributed by atoms with Gasteiger partial charge in [0.05, 0.1) is 31.1 Å². The lowest BCUT2D eigenvalue weighted by Gasteiger charge is -2.35. The number of halogens is 2. The Kier molecular flexibility index (Phi) is 6.51. The van der Waals surface area contributed by atoms with E-state index in [0.29, 0.717) is 15.3 Å². The van der Waals surface area contributed by atoms with Gasteiger partial charge in [-0.1, -0.05) is 0 Å². The van der Waals surface area contributed by atoms with Crippen molar-refractivity contribution in [1.29, 1.82) is 0 Å². The Bertz CT molecular complexity index is 1140. The molecule has 0 radical (unpaired) electrons. The first-order valence-electron chi connectivity index (χ1n) is 10.2. The molecule has 1 saturated carbocycles. The summed E-state index contributed by atoms with van der Waals surface area (Å²) in [7, 11) is 1.48. The van der Waals surface area contributed by atoms with Crippen molar-refractivity contribution in [3.63, 3.8) is 0 Å². The molecule has 2 heterocycles. The van der Waals surface area contributed by atoms with Crippen LogP contribution in [-0.2, 0) is 17.8 Å². The molecule has 0 aliphatic heterocycles. The van der Waals surface area contributed by atoms with E-state index in [1.54, 1.807) is 6.92 Å². The minimum Gasteiger partial charge on any atom is -0.383 e. The minimum absolute atomic E-state index is 0.0805. The average Bonchev–Trinajstić information content (AvgIpc) is 2.95. The molecule has 1 aliphatic rings. The lowest BCUT2D eigenvalue weighted by molar-refractivity contribution is -0.106. The van der Waals surface area contributed by atoms with E-state index in [4.69, 9.17) is 10.5 Å². The summed E-state index contributed by atoms with van der Waals surface area (Å²) in [5.41, 5.74) is 7.46. The van der Waals surface area contributed by atoms with Crippen molar-refractivity contribution in [1.82, 2.24) is 19.6 Å². The van der Waals surface area contributed by atoms with Gasteiger partial charge in [0.2, 0.25) is 0 Å². The second-order valence-corrected chi connectivity index (χ2v) is 10.2. The number of urea groups is 1. The maximum absolute atomic E-state index is 13.5. The number of carbonyl (C=O) groups is 1. The molecule has 2 aromatic heterocycles. The molecule has 3 N–H and O–H groups in total. The lowest BCUT2D eigenvalue weighted by Crippen LogP contribution is -2.53. The monoisotopic (exact) mass is 473 g/mol. The Morgan fingerprint density at radius 3 is 2.47 bits per heavy atom. The van der Waals surface area contributed by atoms with E-state index < -0.39 is 47.6 Å². The maximum atomic E-state index is 13.5. The van der Waals surface area contributed by atoms with Gasteiger partial charge in [0.25, 0.3) is 11.5 Å². The summed E-state index contributed by atoms with van der Waals surface area (Å²) in [5.74, 6) is -2.88. The first-order valence-corrected chi connectivity index (χ1v) is 11.1. The number of amides is 2. The van der Waals surface area contributed by atoms with Crippen molar-refractivity contribution in [2.75, 3.05) is 13.7 Å². The molecule has 12 heteroatoms. The number of ether oxygens (including phenoxy) is 1. The van der Waals surface area contributed by atoms with E-state index in [9.17, 15) is 23.2 Å². The maximum Gasteiger partial charge on any atom is 0.332 e. The quantitative estimate of drug-likeness (QED) is 0.600. The van der Waals surface area contributed by atoms with E-state index in [2.05, 4.69) is 5.43 Å². The number of hydrazine groups is 1. The first kappa shape index (κ1) is 24.3. The topological polar surface area (TPSA) is 112 Å². The van der Waals surface area contributed by atoms with Crippen LogP contribution in [0.2, 0.25) is 0 Å². The van der Waals surface area contributed by atoms with Gasteiger partial charge in [0, 0.05) is 30.4 Å². The molecule has 0 unspecified atom stereocenters. The molecule has 32 heavy (non-hydrogen) atoms. The first-order chi connectivity index (χ1) is 14.8. The number of hydrogen-bond acceptors (Lipinski definition) is 6. The van der Waals surface area contributed by atoms with Crippen LogP contribution in [0.25, 0.3) is 10.2 Å². The zero-order valence-corrected chi connectivity index (χ0v) is 19.6. The third-order valence-corrected chi connectivity index (χ3v) is 6.63. The molecule has 0 bridgehead atoms. The van der Waals surface area contributed by atoms with Gasteiger partial charge in [-0.2, -0.15) is 0 Å². The predicted molar refractivity (Wildman–Crippen MR) is 118 cm³/mol. The fourth-order valence-corrected chi connectivity index (χ4v) is 5.10. The number of primary amides is 1. The standard InChI is InChI=1S/C20H29F2N5O4S/c1-11-13(10-26(17(23)29)24-19(2,3)4)32-16-14(11)15(28)27(12-8-20(21,22)9-12)18(30)25(16)6-7-31-5/h12,24H,6-10H2,1-5H3,(H2,23,29). The Morgan fingerprint density at radius 2 is 1.97 bits per heavy atom. The Balaban J connectivity index is 2.15. The van der Waals surface area contributed by atoms with Crippen LogP contribution in [0.5, 0.6) is 0 Å². The number of fused-ring (bicyclic) bond motifs is 1. The molecule has 0 aromatic carbocycles. The van der Waals surface area contributed by atoms with Crippen LogP contribution in [0.3, 0.4) is 0 Å². The van der Waals surface area contributed by atoms with Crippen molar-refractivity contribution in [2.24, 2.45) is 5.73 Å². The van der Waals surface area contributed by atoms with E-state index in [0.717, 1.165) is 4.57 Å². The Hall–Kier alpha value is -2.31. The van der Waals surface area contributed by atoms with E-state index in [1.807, 2.05) is 20.8 Å². The number of aromatic nitrogens is 2. The van der Waals surface area contributed by atoms with Crippen molar-refractivity contribution >= 4 is 27.6 Å². The highest BCUT2D eigenvalue weighted by molar-refractivity contribution is 7.18. The number of rotatable bonds is 7. The van der Waals surface area contributed by atoms with E-state index in [1.165, 1.54) is 28.0 Å². The number of carbonyl (C=O) groups excluding carboxylic acids is 1. The van der Waals surface area contributed by atoms with Gasteiger partial charge in [-0.05, 0) is 33.3 Å². The minimum atomic E-state index is -2.88. The number of nitrogens with one attached hydrogen (secondary N) is 1. The third kappa shape index (κ3) is 4.71. The number of nitrogens with zero attached hydrogens (tertiary/aromatic N) is 3. The highest BCUT2D eigenvalue weighted by atomic mass is 32.1. The number of alkyl halides is 2. The average molecular weight is 474 g/mol. The van der Waals surface area contributed by atoms with Gasteiger partial charge in [-0.25, -0.2) is 23.8 Å². The number of thiophene rings is 1. The molecule has 1 aliphatic carbocycles. The third-order valence-electron chi connectivity index (χ3n) is 5.33. The molecule has 0 saturated heterocycles. The summed E-state index contributed by atoms with van der Waals surface area (Å²) in [6.45, 7) is 7.78. The Morgan fingerprint density at radius 1 is 1.34 bits per heavy atom. The Labute approximate surface area is 187 Å². The zero-order valence-electron chi connectivity index (χ0n) is 18.8. The zero-order chi connectivity index (χ0) is 24.0. The fourth-order valence-electron chi connectivity index (χ4n) is 3.80. The molecule has 2 amide bonds. The second-order valence-electron chi connectivity index (χ2n) is 9.14. The van der Waals surface area contributed by atoms with Crippen LogP contribution < -0.4 is 22.4 Å². The molecule has 0 atom stereocenters. The molecule has 3 rings (SSSR count). The molecule has 2 aromatic rings. The lowest BCUT2D eigenvalue weighted by atomic mass is 9.88. The summed E-state index contributed by atoms with van der Waals surface area (Å²) < 4.78 is 34.4. The molecule has 1 fully saturated rings. The van der Waals surface area contributed by atoms with Gasteiger partial charge in [-0.3, -0.25) is 18.9 Å². The second kappa shape index (κ2) is 8.56. The van der Waals surface area contributed by atoms with Gasteiger partial charge in [0.15, 0.2) is 0 Å². The molecular formula is C20H29F2N5O4S. The fraction of sp³-hybridized carbons (Fsp3) is 0.650. The molecular weight excluding hydrogens is 444 g/mol. The highest BCUT2D eigenvalue weighted by Gasteiger charge is 2.47. The van der Waals surface area contributed by atoms with Gasteiger partial charge in [0.1, 0.15) is 4.83 Å². The number of aryl methyl sites for hydroxylation is 1. The van der Waals surface area contributed by atoms with Gasteiger partial charge < -0.3 is 10.5 Å². The van der Waals surface area contributed by atoms with Crippen LogP contribution in [-0.4, -0.2) is 45.4 Å². The largest absolute Gasteiger partial charge is 0.383 e. The van der Waals surface area contributed by atoms with E-state index in [-0.39, 0.29) is 25.1 Å². The van der Waals surface area contributed by atoms with Gasteiger partial charge in [-0.15, -0.1) is 11.3 Å². The van der Waals surface area contributed by atoms with Crippen LogP contribution in [0, 0.1) is 6.92 Å². The molecule has 9 nitrogen and oxygen atoms in total. The van der Waals surface area contributed by atoms with E-state index >= 15 is 0 Å². The van der Waals surface area contributed by atoms with Crippen LogP contribution in [0.1, 0.15) is 50.1 Å². The summed E-state index contributed by atoms with van der Waals surface area (Å²) in [4.78, 5) is 39.4. The number of methoxy groups -OCH3 is 1. The molecule has 178 valence electrons. The van der Waals surface area contributed by atoms with Crippen LogP contribution >= 0.6 is 11.3 Å². The predicted octanol–water partition coefficient (Wildman–Crippen LogP) is 2.33.